The van der Waals surface area contributed by atoms with Crippen LogP contribution in [0, 0.1) is 0 Å². The van der Waals surface area contributed by atoms with Gasteiger partial charge >= 0.3 is 0 Å². The molecule has 1 amide bonds. The number of hydrogen-bond acceptors (Lipinski definition) is 3. The lowest BCUT2D eigenvalue weighted by atomic mass is 10.2. The number of nitrogens with two attached hydrogens (primary N) is 1. The van der Waals surface area contributed by atoms with Gasteiger partial charge in [0.05, 0.1) is 12.7 Å². The molecule has 1 heterocycles. The van der Waals surface area contributed by atoms with Gasteiger partial charge in [-0.25, -0.2) is 0 Å². The standard InChI is InChI=1S/C14H18N2O2/c1-11-10-16(8-9-18-11)14(17)7-4-12-2-5-13(15)6-3-12/h2-7,11H,8-10,15H2,1H3/b7-4+. The minimum Gasteiger partial charge on any atom is -0.399 e. The molecule has 0 bridgehead atoms. The highest BCUT2D eigenvalue weighted by molar-refractivity contribution is 5.91. The third-order valence-electron chi connectivity index (χ3n) is 2.91. The third kappa shape index (κ3) is 3.34. The highest BCUT2D eigenvalue weighted by Gasteiger charge is 2.19. The van der Waals surface area contributed by atoms with Crippen molar-refractivity contribution in [2.75, 3.05) is 25.4 Å². The molecule has 1 unspecified atom stereocenters. The topological polar surface area (TPSA) is 55.6 Å². The maximum Gasteiger partial charge on any atom is 0.246 e. The molecule has 1 aliphatic heterocycles. The van der Waals surface area contributed by atoms with Crippen molar-refractivity contribution in [3.63, 3.8) is 0 Å². The summed E-state index contributed by atoms with van der Waals surface area (Å²) in [5, 5.41) is 0. The largest absolute Gasteiger partial charge is 0.399 e. The highest BCUT2D eigenvalue weighted by atomic mass is 16.5. The van der Waals surface area contributed by atoms with E-state index in [1.807, 2.05) is 42.2 Å². The van der Waals surface area contributed by atoms with E-state index >= 15 is 0 Å². The van der Waals surface area contributed by atoms with Crippen molar-refractivity contribution < 1.29 is 9.53 Å². The highest BCUT2D eigenvalue weighted by Crippen LogP contribution is 2.09. The first kappa shape index (κ1) is 12.6. The Morgan fingerprint density at radius 3 is 2.83 bits per heavy atom. The van der Waals surface area contributed by atoms with Crippen molar-refractivity contribution in [3.05, 3.63) is 35.9 Å². The monoisotopic (exact) mass is 246 g/mol. The zero-order valence-electron chi connectivity index (χ0n) is 10.5. The fourth-order valence-electron chi connectivity index (χ4n) is 1.90. The van der Waals surface area contributed by atoms with Gasteiger partial charge < -0.3 is 15.4 Å². The Hall–Kier alpha value is -1.81. The van der Waals surface area contributed by atoms with E-state index in [1.165, 1.54) is 0 Å². The SMILES string of the molecule is CC1CN(C(=O)/C=C/c2ccc(N)cc2)CCO1. The summed E-state index contributed by atoms with van der Waals surface area (Å²) in [6.45, 7) is 3.91. The Bertz CT molecular complexity index is 440. The number of carbonyl (C=O) groups is 1. The van der Waals surface area contributed by atoms with Crippen LogP contribution in [0.3, 0.4) is 0 Å². The number of nitrogens with zero attached hydrogens (tertiary/aromatic N) is 1. The van der Waals surface area contributed by atoms with Crippen LogP contribution >= 0.6 is 0 Å². The van der Waals surface area contributed by atoms with Crippen molar-refractivity contribution in [1.82, 2.24) is 4.90 Å². The molecule has 0 spiro atoms. The molecule has 0 radical (unpaired) electrons. The van der Waals surface area contributed by atoms with Gasteiger partial charge in [0.2, 0.25) is 5.91 Å². The van der Waals surface area contributed by atoms with Crippen LogP contribution in [0.15, 0.2) is 30.3 Å². The number of morpholine rings is 1. The molecule has 2 rings (SSSR count). The Morgan fingerprint density at radius 2 is 2.17 bits per heavy atom. The molecule has 1 aromatic carbocycles. The Balaban J connectivity index is 1.96. The summed E-state index contributed by atoms with van der Waals surface area (Å²) in [5.41, 5.74) is 7.30. The van der Waals surface area contributed by atoms with Gasteiger partial charge in [0, 0.05) is 24.9 Å². The van der Waals surface area contributed by atoms with Crippen LogP contribution in [0.5, 0.6) is 0 Å². The normalized spacial score (nSPS) is 20.3. The average Bonchev–Trinajstić information content (AvgIpc) is 2.38. The number of ether oxygens (including phenoxy) is 1. The third-order valence-corrected chi connectivity index (χ3v) is 2.91. The van der Waals surface area contributed by atoms with Gasteiger partial charge in [0.15, 0.2) is 0 Å². The first-order chi connectivity index (χ1) is 8.65. The zero-order chi connectivity index (χ0) is 13.0. The lowest BCUT2D eigenvalue weighted by Crippen LogP contribution is -2.43. The molecular formula is C14H18N2O2. The molecule has 0 saturated carbocycles. The molecule has 2 N–H and O–H groups in total. The number of carbonyl (C=O) groups excluding carboxylic acids is 1. The second kappa shape index (κ2) is 5.69. The Morgan fingerprint density at radius 1 is 1.44 bits per heavy atom. The number of nitrogen functional groups attached to an aromatic ring is 1. The van der Waals surface area contributed by atoms with Crippen LogP contribution in [-0.4, -0.2) is 36.6 Å². The summed E-state index contributed by atoms with van der Waals surface area (Å²) >= 11 is 0. The van der Waals surface area contributed by atoms with Crippen molar-refractivity contribution >= 4 is 17.7 Å². The van der Waals surface area contributed by atoms with E-state index in [2.05, 4.69) is 0 Å². The molecule has 1 aliphatic rings. The lowest BCUT2D eigenvalue weighted by molar-refractivity contribution is -0.132. The van der Waals surface area contributed by atoms with Crippen LogP contribution in [0.2, 0.25) is 0 Å². The van der Waals surface area contributed by atoms with Gasteiger partial charge in [0.1, 0.15) is 0 Å². The van der Waals surface area contributed by atoms with Crippen molar-refractivity contribution in [3.8, 4) is 0 Å². The molecule has 1 atom stereocenters. The molecule has 96 valence electrons. The summed E-state index contributed by atoms with van der Waals surface area (Å²) in [7, 11) is 0. The first-order valence-electron chi connectivity index (χ1n) is 6.09. The minimum absolute atomic E-state index is 0.0296. The van der Waals surface area contributed by atoms with Crippen molar-refractivity contribution in [2.45, 2.75) is 13.0 Å². The van der Waals surface area contributed by atoms with Gasteiger partial charge in [-0.1, -0.05) is 12.1 Å². The van der Waals surface area contributed by atoms with Crippen LogP contribution in [-0.2, 0) is 9.53 Å². The van der Waals surface area contributed by atoms with Crippen LogP contribution in [0.1, 0.15) is 12.5 Å². The van der Waals surface area contributed by atoms with Gasteiger partial charge in [-0.2, -0.15) is 0 Å². The quantitative estimate of drug-likeness (QED) is 0.636. The molecule has 0 aromatic heterocycles. The number of rotatable bonds is 2. The molecular weight excluding hydrogens is 228 g/mol. The summed E-state index contributed by atoms with van der Waals surface area (Å²) in [5.74, 6) is 0.0296. The second-order valence-electron chi connectivity index (χ2n) is 4.47. The summed E-state index contributed by atoms with van der Waals surface area (Å²) in [6, 6.07) is 7.42. The fraction of sp³-hybridized carbons (Fsp3) is 0.357. The molecule has 1 fully saturated rings. The summed E-state index contributed by atoms with van der Waals surface area (Å²) < 4.78 is 5.40. The Kier molecular flexibility index (Phi) is 3.99. The molecule has 4 nitrogen and oxygen atoms in total. The summed E-state index contributed by atoms with van der Waals surface area (Å²) in [6.07, 6.45) is 3.53. The molecule has 0 aliphatic carbocycles. The van der Waals surface area contributed by atoms with Crippen molar-refractivity contribution in [2.24, 2.45) is 0 Å². The van der Waals surface area contributed by atoms with Gasteiger partial charge in [-0.15, -0.1) is 0 Å². The average molecular weight is 246 g/mol. The van der Waals surface area contributed by atoms with Gasteiger partial charge in [-0.3, -0.25) is 4.79 Å². The van der Waals surface area contributed by atoms with Crippen LogP contribution in [0.25, 0.3) is 6.08 Å². The van der Waals surface area contributed by atoms with Crippen LogP contribution < -0.4 is 5.73 Å². The van der Waals surface area contributed by atoms with Crippen molar-refractivity contribution in [1.29, 1.82) is 0 Å². The number of anilines is 1. The zero-order valence-corrected chi connectivity index (χ0v) is 10.5. The van der Waals surface area contributed by atoms with E-state index in [9.17, 15) is 4.79 Å². The van der Waals surface area contributed by atoms with E-state index < -0.39 is 0 Å². The predicted octanol–water partition coefficient (Wildman–Crippen LogP) is 1.53. The maximum absolute atomic E-state index is 11.9. The van der Waals surface area contributed by atoms with Gasteiger partial charge in [-0.05, 0) is 30.7 Å². The van der Waals surface area contributed by atoms with E-state index in [0.717, 1.165) is 11.3 Å². The molecule has 4 heteroatoms. The minimum atomic E-state index is 0.0296. The fourth-order valence-corrected chi connectivity index (χ4v) is 1.90. The number of hydrogen-bond donors (Lipinski definition) is 1. The predicted molar refractivity (Wildman–Crippen MR) is 71.9 cm³/mol. The van der Waals surface area contributed by atoms with E-state index in [-0.39, 0.29) is 12.0 Å². The van der Waals surface area contributed by atoms with Gasteiger partial charge in [0.25, 0.3) is 0 Å². The van der Waals surface area contributed by atoms with E-state index in [1.54, 1.807) is 6.08 Å². The van der Waals surface area contributed by atoms with E-state index in [4.69, 9.17) is 10.5 Å². The Labute approximate surface area is 107 Å². The summed E-state index contributed by atoms with van der Waals surface area (Å²) in [4.78, 5) is 13.8. The first-order valence-corrected chi connectivity index (χ1v) is 6.09. The molecule has 18 heavy (non-hydrogen) atoms. The lowest BCUT2D eigenvalue weighted by Gasteiger charge is -2.30. The smallest absolute Gasteiger partial charge is 0.246 e. The number of benzene rings is 1. The van der Waals surface area contributed by atoms with E-state index in [0.29, 0.717) is 19.7 Å². The maximum atomic E-state index is 11.9. The number of amides is 1. The van der Waals surface area contributed by atoms with Crippen LogP contribution in [0.4, 0.5) is 5.69 Å². The molecule has 1 aromatic rings. The second-order valence-corrected chi connectivity index (χ2v) is 4.47. The molecule has 1 saturated heterocycles.